The number of piperidine rings is 1. The van der Waals surface area contributed by atoms with Gasteiger partial charge in [-0.1, -0.05) is 0 Å². The molecule has 0 spiro atoms. The van der Waals surface area contributed by atoms with Crippen molar-refractivity contribution in [2.75, 3.05) is 19.7 Å². The summed E-state index contributed by atoms with van der Waals surface area (Å²) < 4.78 is 5.95. The molecule has 1 aliphatic heterocycles. The molecule has 0 bridgehead atoms. The lowest BCUT2D eigenvalue weighted by Crippen LogP contribution is -2.39. The summed E-state index contributed by atoms with van der Waals surface area (Å²) in [4.78, 5) is 14.0. The van der Waals surface area contributed by atoms with Crippen molar-refractivity contribution in [3.63, 3.8) is 0 Å². The van der Waals surface area contributed by atoms with Crippen LogP contribution in [0.1, 0.15) is 29.0 Å². The van der Waals surface area contributed by atoms with E-state index in [1.54, 1.807) is 11.0 Å². The molecule has 0 radical (unpaired) electrons. The normalized spacial score (nSPS) is 17.5. The molecule has 0 atom stereocenters. The average molecular weight is 302 g/mol. The number of halogens is 1. The Morgan fingerprint density at radius 3 is 2.71 bits per heavy atom. The number of carbonyl (C=O) groups excluding carboxylic acids is 1. The van der Waals surface area contributed by atoms with Crippen LogP contribution in [0.3, 0.4) is 0 Å². The van der Waals surface area contributed by atoms with Gasteiger partial charge in [0.1, 0.15) is 0 Å². The second kappa shape index (κ2) is 5.23. The fourth-order valence-corrected chi connectivity index (χ4v) is 2.62. The predicted octanol–water partition coefficient (Wildman–Crippen LogP) is 2.20. The number of nitrogens with zero attached hydrogens (tertiary/aromatic N) is 1. The number of amides is 1. The Labute approximate surface area is 109 Å². The van der Waals surface area contributed by atoms with Gasteiger partial charge in [0, 0.05) is 25.3 Å². The van der Waals surface area contributed by atoms with Crippen molar-refractivity contribution >= 4 is 21.8 Å². The smallest absolute Gasteiger partial charge is 0.289 e. The van der Waals surface area contributed by atoms with Crippen molar-refractivity contribution in [2.24, 2.45) is 5.92 Å². The number of hydrogen-bond donors (Lipinski definition) is 1. The molecule has 94 valence electrons. The number of carbonyl (C=O) groups is 1. The second-order valence-electron chi connectivity index (χ2n) is 4.48. The lowest BCUT2D eigenvalue weighted by Gasteiger charge is -2.30. The van der Waals surface area contributed by atoms with Crippen LogP contribution in [0, 0.1) is 12.8 Å². The lowest BCUT2D eigenvalue weighted by molar-refractivity contribution is 0.0618. The molecular formula is C12H16BrNO3. The molecule has 1 saturated heterocycles. The van der Waals surface area contributed by atoms with Gasteiger partial charge in [-0.2, -0.15) is 0 Å². The quantitative estimate of drug-likeness (QED) is 0.911. The van der Waals surface area contributed by atoms with E-state index in [9.17, 15) is 4.79 Å². The number of aryl methyl sites for hydroxylation is 1. The minimum absolute atomic E-state index is 0.0513. The Balaban J connectivity index is 2.04. The van der Waals surface area contributed by atoms with E-state index >= 15 is 0 Å². The molecule has 2 heterocycles. The molecule has 1 fully saturated rings. The van der Waals surface area contributed by atoms with E-state index in [0.29, 0.717) is 29.4 Å². The summed E-state index contributed by atoms with van der Waals surface area (Å²) in [5, 5.41) is 9.05. The van der Waals surface area contributed by atoms with Crippen molar-refractivity contribution in [2.45, 2.75) is 19.8 Å². The SMILES string of the molecule is Cc1cc(Br)oc1C(=O)N1CCC(CO)CC1. The maximum Gasteiger partial charge on any atom is 0.289 e. The van der Waals surface area contributed by atoms with Crippen LogP contribution in [-0.2, 0) is 0 Å². The summed E-state index contributed by atoms with van der Waals surface area (Å²) in [6, 6.07) is 1.80. The zero-order valence-electron chi connectivity index (χ0n) is 9.78. The van der Waals surface area contributed by atoms with Crippen LogP contribution in [0.2, 0.25) is 0 Å². The van der Waals surface area contributed by atoms with Crippen LogP contribution in [-0.4, -0.2) is 35.6 Å². The van der Waals surface area contributed by atoms with Crippen molar-refractivity contribution < 1.29 is 14.3 Å². The minimum atomic E-state index is -0.0513. The molecule has 0 unspecified atom stereocenters. The molecule has 1 N–H and O–H groups in total. The van der Waals surface area contributed by atoms with Crippen molar-refractivity contribution in [3.8, 4) is 0 Å². The molecule has 0 aromatic carbocycles. The first kappa shape index (κ1) is 12.6. The molecule has 0 aliphatic carbocycles. The zero-order chi connectivity index (χ0) is 12.4. The van der Waals surface area contributed by atoms with E-state index in [1.165, 1.54) is 0 Å². The van der Waals surface area contributed by atoms with Crippen LogP contribution < -0.4 is 0 Å². The largest absolute Gasteiger partial charge is 0.444 e. The highest BCUT2D eigenvalue weighted by Crippen LogP contribution is 2.23. The third-order valence-electron chi connectivity index (χ3n) is 3.24. The van der Waals surface area contributed by atoms with Gasteiger partial charge in [-0.25, -0.2) is 0 Å². The van der Waals surface area contributed by atoms with Crippen molar-refractivity contribution in [1.29, 1.82) is 0 Å². The number of hydrogen-bond acceptors (Lipinski definition) is 3. The molecule has 1 aromatic rings. The average Bonchev–Trinajstić information content (AvgIpc) is 2.68. The summed E-state index contributed by atoms with van der Waals surface area (Å²) >= 11 is 3.23. The van der Waals surface area contributed by atoms with E-state index in [4.69, 9.17) is 9.52 Å². The lowest BCUT2D eigenvalue weighted by atomic mass is 9.97. The van der Waals surface area contributed by atoms with Crippen LogP contribution in [0.15, 0.2) is 15.2 Å². The summed E-state index contributed by atoms with van der Waals surface area (Å²) in [5.74, 6) is 0.701. The number of furan rings is 1. The Hall–Kier alpha value is -0.810. The third-order valence-corrected chi connectivity index (χ3v) is 3.63. The Morgan fingerprint density at radius 2 is 2.24 bits per heavy atom. The van der Waals surface area contributed by atoms with Crippen LogP contribution in [0.4, 0.5) is 0 Å². The van der Waals surface area contributed by atoms with Crippen molar-refractivity contribution in [1.82, 2.24) is 4.90 Å². The summed E-state index contributed by atoms with van der Waals surface area (Å²) in [5.41, 5.74) is 0.853. The van der Waals surface area contributed by atoms with Gasteiger partial charge in [0.05, 0.1) is 0 Å². The monoisotopic (exact) mass is 301 g/mol. The first-order valence-electron chi connectivity index (χ1n) is 5.78. The molecule has 0 saturated carbocycles. The molecule has 5 heteroatoms. The molecule has 1 aromatic heterocycles. The van der Waals surface area contributed by atoms with Crippen LogP contribution >= 0.6 is 15.9 Å². The number of rotatable bonds is 2. The zero-order valence-corrected chi connectivity index (χ0v) is 11.4. The van der Waals surface area contributed by atoms with E-state index < -0.39 is 0 Å². The Kier molecular flexibility index (Phi) is 3.89. The number of aliphatic hydroxyl groups excluding tert-OH is 1. The maximum absolute atomic E-state index is 12.2. The minimum Gasteiger partial charge on any atom is -0.444 e. The van der Waals surface area contributed by atoms with Gasteiger partial charge in [-0.15, -0.1) is 0 Å². The Morgan fingerprint density at radius 1 is 1.59 bits per heavy atom. The van der Waals surface area contributed by atoms with E-state index in [1.807, 2.05) is 6.92 Å². The van der Waals surface area contributed by atoms with Gasteiger partial charge in [0.15, 0.2) is 10.4 Å². The van der Waals surface area contributed by atoms with Gasteiger partial charge in [-0.05, 0) is 47.7 Å². The highest BCUT2D eigenvalue weighted by molar-refractivity contribution is 9.10. The van der Waals surface area contributed by atoms with Gasteiger partial charge in [0.25, 0.3) is 5.91 Å². The number of likely N-dealkylation sites (tertiary alicyclic amines) is 1. The molecule has 4 nitrogen and oxygen atoms in total. The summed E-state index contributed by atoms with van der Waals surface area (Å²) in [7, 11) is 0. The van der Waals surface area contributed by atoms with Gasteiger partial charge >= 0.3 is 0 Å². The molecule has 1 amide bonds. The predicted molar refractivity (Wildman–Crippen MR) is 66.9 cm³/mol. The van der Waals surface area contributed by atoms with Gasteiger partial charge < -0.3 is 14.4 Å². The van der Waals surface area contributed by atoms with E-state index in [2.05, 4.69) is 15.9 Å². The molecule has 1 aliphatic rings. The van der Waals surface area contributed by atoms with E-state index in [0.717, 1.165) is 18.4 Å². The first-order valence-corrected chi connectivity index (χ1v) is 6.57. The molecule has 2 rings (SSSR count). The van der Waals surface area contributed by atoms with Gasteiger partial charge in [0.2, 0.25) is 0 Å². The third kappa shape index (κ3) is 2.72. The summed E-state index contributed by atoms with van der Waals surface area (Å²) in [6.45, 7) is 3.47. The fraction of sp³-hybridized carbons (Fsp3) is 0.583. The van der Waals surface area contributed by atoms with E-state index in [-0.39, 0.29) is 12.5 Å². The van der Waals surface area contributed by atoms with Crippen molar-refractivity contribution in [3.05, 3.63) is 22.1 Å². The standard InChI is InChI=1S/C12H16BrNO3/c1-8-6-10(13)17-11(8)12(16)14-4-2-9(7-15)3-5-14/h6,9,15H,2-5,7H2,1H3. The fourth-order valence-electron chi connectivity index (χ4n) is 2.12. The maximum atomic E-state index is 12.2. The summed E-state index contributed by atoms with van der Waals surface area (Å²) in [6.07, 6.45) is 1.73. The Bertz CT molecular complexity index is 408. The number of aliphatic hydroxyl groups is 1. The van der Waals surface area contributed by atoms with Crippen LogP contribution in [0.5, 0.6) is 0 Å². The first-order chi connectivity index (χ1) is 8.11. The van der Waals surface area contributed by atoms with Gasteiger partial charge in [-0.3, -0.25) is 4.79 Å². The highest BCUT2D eigenvalue weighted by Gasteiger charge is 2.26. The molecule has 17 heavy (non-hydrogen) atoms. The molecular weight excluding hydrogens is 286 g/mol. The topological polar surface area (TPSA) is 53.7 Å². The van der Waals surface area contributed by atoms with Crippen LogP contribution in [0.25, 0.3) is 0 Å². The highest BCUT2D eigenvalue weighted by atomic mass is 79.9. The second-order valence-corrected chi connectivity index (χ2v) is 5.26.